The molecule has 148 valence electrons. The van der Waals surface area contributed by atoms with Crippen LogP contribution >= 0.6 is 0 Å². The minimum atomic E-state index is -0.955. The third-order valence-corrected chi connectivity index (χ3v) is 5.68. The van der Waals surface area contributed by atoms with Crippen molar-refractivity contribution in [1.29, 1.82) is 0 Å². The molecule has 2 aliphatic rings. The van der Waals surface area contributed by atoms with Gasteiger partial charge in [0.15, 0.2) is 0 Å². The van der Waals surface area contributed by atoms with Gasteiger partial charge in [0.05, 0.1) is 13.7 Å². The Morgan fingerprint density at radius 3 is 2.44 bits per heavy atom. The number of imide groups is 1. The predicted molar refractivity (Wildman–Crippen MR) is 99.7 cm³/mol. The summed E-state index contributed by atoms with van der Waals surface area (Å²) in [6.07, 6.45) is 3.38. The molecule has 1 aliphatic carbocycles. The van der Waals surface area contributed by atoms with Crippen molar-refractivity contribution >= 4 is 11.9 Å². The van der Waals surface area contributed by atoms with E-state index in [2.05, 4.69) is 12.2 Å². The second-order valence-electron chi connectivity index (χ2n) is 7.42. The van der Waals surface area contributed by atoms with Gasteiger partial charge in [-0.2, -0.15) is 0 Å². The first-order chi connectivity index (χ1) is 13.0. The number of aliphatic hydroxyl groups excluding tert-OH is 1. The van der Waals surface area contributed by atoms with Gasteiger partial charge in [-0.15, -0.1) is 0 Å². The summed E-state index contributed by atoms with van der Waals surface area (Å²) in [6.45, 7) is 2.08. The van der Waals surface area contributed by atoms with Gasteiger partial charge in [0, 0.05) is 0 Å². The van der Waals surface area contributed by atoms with E-state index in [1.54, 1.807) is 31.4 Å². The van der Waals surface area contributed by atoms with E-state index < -0.39 is 17.7 Å². The highest BCUT2D eigenvalue weighted by Crippen LogP contribution is 2.37. The molecule has 1 atom stereocenters. The monoisotopic (exact) mass is 376 g/mol. The molecule has 1 aromatic carbocycles. The van der Waals surface area contributed by atoms with Gasteiger partial charge in [0.2, 0.25) is 0 Å². The Kier molecular flexibility index (Phi) is 5.89. The molecule has 1 spiro atoms. The van der Waals surface area contributed by atoms with Crippen LogP contribution in [-0.2, 0) is 4.79 Å². The second-order valence-corrected chi connectivity index (χ2v) is 7.42. The first-order valence-corrected chi connectivity index (χ1v) is 9.56. The van der Waals surface area contributed by atoms with Crippen molar-refractivity contribution in [1.82, 2.24) is 10.2 Å². The second kappa shape index (κ2) is 8.17. The zero-order valence-corrected chi connectivity index (χ0v) is 15.9. The van der Waals surface area contributed by atoms with Crippen molar-refractivity contribution in [3.8, 4) is 11.5 Å². The number of hydrogen-bond donors (Lipinski definition) is 2. The average molecular weight is 376 g/mol. The molecule has 0 bridgehead atoms. The zero-order valence-electron chi connectivity index (χ0n) is 15.9. The standard InChI is InChI=1S/C20H28N2O5/c1-3-14-8-10-20(11-9-14)18(24)22(19(25)21-20)12-15(23)13-27-17-6-4-16(26-2)5-7-17/h4-7,14-15,23H,3,8-13H2,1-2H3,(H,21,25)/t14?,15-,20?/m1/s1. The quantitative estimate of drug-likeness (QED) is 0.713. The molecular weight excluding hydrogens is 348 g/mol. The third kappa shape index (κ3) is 4.18. The molecule has 7 heteroatoms. The lowest BCUT2D eigenvalue weighted by Gasteiger charge is -2.34. The summed E-state index contributed by atoms with van der Waals surface area (Å²) in [5.41, 5.74) is -0.778. The first-order valence-electron chi connectivity index (χ1n) is 9.56. The van der Waals surface area contributed by atoms with Crippen LogP contribution in [0.4, 0.5) is 4.79 Å². The van der Waals surface area contributed by atoms with Gasteiger partial charge in [-0.05, 0) is 55.9 Å². The van der Waals surface area contributed by atoms with E-state index in [1.807, 2.05) is 0 Å². The maximum Gasteiger partial charge on any atom is 0.325 e. The topological polar surface area (TPSA) is 88.1 Å². The molecule has 1 aliphatic heterocycles. The molecule has 3 rings (SSSR count). The highest BCUT2D eigenvalue weighted by molar-refractivity contribution is 6.07. The molecule has 1 saturated heterocycles. The number of rotatable bonds is 7. The SMILES string of the molecule is CCC1CCC2(CC1)NC(=O)N(C[C@@H](O)COc1ccc(OC)cc1)C2=O. The van der Waals surface area contributed by atoms with Gasteiger partial charge >= 0.3 is 6.03 Å². The summed E-state index contributed by atoms with van der Waals surface area (Å²) in [5, 5.41) is 13.1. The summed E-state index contributed by atoms with van der Waals surface area (Å²) in [4.78, 5) is 26.3. The number of amides is 3. The van der Waals surface area contributed by atoms with E-state index in [4.69, 9.17) is 9.47 Å². The number of carbonyl (C=O) groups excluding carboxylic acids is 2. The molecule has 7 nitrogen and oxygen atoms in total. The number of urea groups is 1. The predicted octanol–water partition coefficient (Wildman–Crippen LogP) is 2.33. The molecule has 3 amide bonds. The smallest absolute Gasteiger partial charge is 0.325 e. The van der Waals surface area contributed by atoms with E-state index >= 15 is 0 Å². The molecule has 0 radical (unpaired) electrons. The van der Waals surface area contributed by atoms with Gasteiger partial charge in [0.25, 0.3) is 5.91 Å². The number of benzene rings is 1. The Morgan fingerprint density at radius 2 is 1.85 bits per heavy atom. The zero-order chi connectivity index (χ0) is 19.4. The lowest BCUT2D eigenvalue weighted by Crippen LogP contribution is -2.50. The van der Waals surface area contributed by atoms with Crippen molar-refractivity contribution < 1.29 is 24.2 Å². The van der Waals surface area contributed by atoms with Crippen LogP contribution in [0.25, 0.3) is 0 Å². The van der Waals surface area contributed by atoms with E-state index in [-0.39, 0.29) is 19.1 Å². The average Bonchev–Trinajstić information content (AvgIpc) is 2.91. The molecule has 1 aromatic rings. The summed E-state index contributed by atoms with van der Waals surface area (Å²) < 4.78 is 10.6. The number of β-amino-alcohol motifs (C(OH)–C–C–N with tert-alkyl or cyclic N) is 1. The largest absolute Gasteiger partial charge is 0.497 e. The normalized spacial score (nSPS) is 26.2. The molecule has 1 heterocycles. The highest BCUT2D eigenvalue weighted by atomic mass is 16.5. The fourth-order valence-corrected chi connectivity index (χ4v) is 3.89. The van der Waals surface area contributed by atoms with Crippen molar-refractivity contribution in [2.24, 2.45) is 5.92 Å². The Hall–Kier alpha value is -2.28. The Bertz CT molecular complexity index is 667. The Labute approximate surface area is 159 Å². The molecule has 2 N–H and O–H groups in total. The number of carbonyl (C=O) groups is 2. The molecular formula is C20H28N2O5. The van der Waals surface area contributed by atoms with Crippen molar-refractivity contribution in [2.45, 2.75) is 50.7 Å². The third-order valence-electron chi connectivity index (χ3n) is 5.68. The van der Waals surface area contributed by atoms with Crippen molar-refractivity contribution in [2.75, 3.05) is 20.3 Å². The van der Waals surface area contributed by atoms with Gasteiger partial charge in [-0.25, -0.2) is 4.79 Å². The van der Waals surface area contributed by atoms with Crippen LogP contribution in [0.1, 0.15) is 39.0 Å². The number of methoxy groups -OCH3 is 1. The molecule has 1 saturated carbocycles. The fourth-order valence-electron chi connectivity index (χ4n) is 3.89. The summed E-state index contributed by atoms with van der Waals surface area (Å²) in [7, 11) is 1.58. The molecule has 0 aromatic heterocycles. The van der Waals surface area contributed by atoms with Crippen LogP contribution in [-0.4, -0.2) is 53.8 Å². The summed E-state index contributed by atoms with van der Waals surface area (Å²) in [5.74, 6) is 1.70. The van der Waals surface area contributed by atoms with E-state index in [9.17, 15) is 14.7 Å². The van der Waals surface area contributed by atoms with Crippen LogP contribution in [0.3, 0.4) is 0 Å². The van der Waals surface area contributed by atoms with E-state index in [1.165, 1.54) is 0 Å². The highest BCUT2D eigenvalue weighted by Gasteiger charge is 2.52. The Morgan fingerprint density at radius 1 is 1.22 bits per heavy atom. The maximum atomic E-state index is 12.8. The van der Waals surface area contributed by atoms with Crippen LogP contribution < -0.4 is 14.8 Å². The minimum Gasteiger partial charge on any atom is -0.497 e. The van der Waals surface area contributed by atoms with Crippen LogP contribution in [0.15, 0.2) is 24.3 Å². The molecule has 27 heavy (non-hydrogen) atoms. The van der Waals surface area contributed by atoms with Gasteiger partial charge < -0.3 is 19.9 Å². The van der Waals surface area contributed by atoms with E-state index in [0.717, 1.165) is 24.2 Å². The molecule has 2 fully saturated rings. The lowest BCUT2D eigenvalue weighted by atomic mass is 9.75. The Balaban J connectivity index is 1.53. The van der Waals surface area contributed by atoms with Crippen LogP contribution in [0, 0.1) is 5.92 Å². The van der Waals surface area contributed by atoms with Crippen LogP contribution in [0.2, 0.25) is 0 Å². The number of hydrogen-bond acceptors (Lipinski definition) is 5. The van der Waals surface area contributed by atoms with Gasteiger partial charge in [-0.1, -0.05) is 13.3 Å². The summed E-state index contributed by atoms with van der Waals surface area (Å²) in [6, 6.07) is 6.57. The van der Waals surface area contributed by atoms with Crippen LogP contribution in [0.5, 0.6) is 11.5 Å². The first kappa shape index (κ1) is 19.5. The fraction of sp³-hybridized carbons (Fsp3) is 0.600. The van der Waals surface area contributed by atoms with E-state index in [0.29, 0.717) is 30.3 Å². The molecule has 0 unspecified atom stereocenters. The van der Waals surface area contributed by atoms with Crippen molar-refractivity contribution in [3.05, 3.63) is 24.3 Å². The maximum absolute atomic E-state index is 12.8. The number of ether oxygens (including phenoxy) is 2. The number of aliphatic hydroxyl groups is 1. The number of nitrogens with one attached hydrogen (secondary N) is 1. The van der Waals surface area contributed by atoms with Crippen molar-refractivity contribution in [3.63, 3.8) is 0 Å². The van der Waals surface area contributed by atoms with Gasteiger partial charge in [-0.3, -0.25) is 9.69 Å². The van der Waals surface area contributed by atoms with Gasteiger partial charge in [0.1, 0.15) is 29.7 Å². The minimum absolute atomic E-state index is 0.00566. The lowest BCUT2D eigenvalue weighted by molar-refractivity contribution is -0.133. The number of nitrogens with zero attached hydrogens (tertiary/aromatic N) is 1. The summed E-state index contributed by atoms with van der Waals surface area (Å²) >= 11 is 0.